The molecule has 0 saturated carbocycles. The molecule has 3 nitrogen and oxygen atoms in total. The zero-order valence-corrected chi connectivity index (χ0v) is 14.3. The second-order valence-electron chi connectivity index (χ2n) is 5.15. The third kappa shape index (κ3) is 3.41. The number of aromatic nitrogens is 3. The van der Waals surface area contributed by atoms with Gasteiger partial charge in [0, 0.05) is 22.9 Å². The maximum atomic E-state index is 13.0. The topological polar surface area (TPSA) is 30.7 Å². The second-order valence-corrected chi connectivity index (χ2v) is 6.87. The van der Waals surface area contributed by atoms with Gasteiger partial charge in [0.25, 0.3) is 0 Å². The van der Waals surface area contributed by atoms with Gasteiger partial charge in [-0.1, -0.05) is 41.6 Å². The van der Waals surface area contributed by atoms with Crippen molar-refractivity contribution >= 4 is 23.4 Å². The summed E-state index contributed by atoms with van der Waals surface area (Å²) in [4.78, 5) is 0. The highest BCUT2D eigenvalue weighted by molar-refractivity contribution is 7.99. The molecule has 0 radical (unpaired) electrons. The Balaban J connectivity index is 1.85. The van der Waals surface area contributed by atoms with Crippen molar-refractivity contribution in [1.82, 2.24) is 14.8 Å². The molecule has 0 N–H and O–H groups in total. The number of rotatable bonds is 4. The number of thioether (sulfide) groups is 1. The molecule has 3 rings (SSSR count). The van der Waals surface area contributed by atoms with E-state index >= 15 is 0 Å². The summed E-state index contributed by atoms with van der Waals surface area (Å²) in [5.74, 6) is 0.441. The van der Waals surface area contributed by atoms with Crippen molar-refractivity contribution in [2.45, 2.75) is 17.3 Å². The van der Waals surface area contributed by atoms with E-state index in [-0.39, 0.29) is 11.1 Å². The zero-order valence-electron chi connectivity index (χ0n) is 12.7. The summed E-state index contributed by atoms with van der Waals surface area (Å²) in [5, 5.41) is 10.1. The predicted octanol–water partition coefficient (Wildman–Crippen LogP) is 5.13. The standard InChI is InChI=1S/C17H15ClFN3S/c1-11(14-5-3-4-6-15(14)18)23-17-21-20-16(22(17)2)12-7-9-13(19)10-8-12/h3-11H,1-2H3. The van der Waals surface area contributed by atoms with Crippen molar-refractivity contribution in [3.63, 3.8) is 0 Å². The summed E-state index contributed by atoms with van der Waals surface area (Å²) in [7, 11) is 1.90. The van der Waals surface area contributed by atoms with Gasteiger partial charge < -0.3 is 4.57 Å². The minimum Gasteiger partial charge on any atom is -0.305 e. The van der Waals surface area contributed by atoms with E-state index in [1.54, 1.807) is 23.9 Å². The molecule has 1 unspecified atom stereocenters. The van der Waals surface area contributed by atoms with Crippen molar-refractivity contribution in [3.8, 4) is 11.4 Å². The maximum absolute atomic E-state index is 13.0. The van der Waals surface area contributed by atoms with Crippen LogP contribution in [0.1, 0.15) is 17.7 Å². The minimum atomic E-state index is -0.266. The highest BCUT2D eigenvalue weighted by atomic mass is 35.5. The van der Waals surface area contributed by atoms with Gasteiger partial charge in [-0.15, -0.1) is 10.2 Å². The number of hydrogen-bond donors (Lipinski definition) is 0. The first-order valence-electron chi connectivity index (χ1n) is 7.12. The SMILES string of the molecule is CC(Sc1nnc(-c2ccc(F)cc2)n1C)c1ccccc1Cl. The average Bonchev–Trinajstić information content (AvgIpc) is 2.89. The molecular formula is C17H15ClFN3S. The van der Waals surface area contributed by atoms with Crippen molar-refractivity contribution in [2.75, 3.05) is 0 Å². The number of halogens is 2. The van der Waals surface area contributed by atoms with Gasteiger partial charge in [-0.3, -0.25) is 0 Å². The molecule has 0 amide bonds. The van der Waals surface area contributed by atoms with Crippen molar-refractivity contribution in [3.05, 3.63) is 64.9 Å². The molecule has 1 aromatic heterocycles. The molecule has 118 valence electrons. The van der Waals surface area contributed by atoms with Crippen LogP contribution in [0.2, 0.25) is 5.02 Å². The summed E-state index contributed by atoms with van der Waals surface area (Å²) in [6, 6.07) is 14.0. The Morgan fingerprint density at radius 3 is 2.48 bits per heavy atom. The molecule has 0 aliphatic carbocycles. The van der Waals surface area contributed by atoms with E-state index in [1.807, 2.05) is 35.9 Å². The summed E-state index contributed by atoms with van der Waals surface area (Å²) in [6.07, 6.45) is 0. The van der Waals surface area contributed by atoms with Crippen LogP contribution in [-0.2, 0) is 7.05 Å². The molecular weight excluding hydrogens is 333 g/mol. The highest BCUT2D eigenvalue weighted by Gasteiger charge is 2.16. The fourth-order valence-electron chi connectivity index (χ4n) is 2.29. The van der Waals surface area contributed by atoms with Crippen LogP contribution >= 0.6 is 23.4 Å². The van der Waals surface area contributed by atoms with Crippen molar-refractivity contribution in [2.24, 2.45) is 7.05 Å². The van der Waals surface area contributed by atoms with E-state index in [9.17, 15) is 4.39 Å². The Hall–Kier alpha value is -1.85. The quantitative estimate of drug-likeness (QED) is 0.613. The van der Waals surface area contributed by atoms with Crippen LogP contribution in [0.15, 0.2) is 53.7 Å². The van der Waals surface area contributed by atoms with Gasteiger partial charge in [0.05, 0.1) is 0 Å². The maximum Gasteiger partial charge on any atom is 0.191 e. The van der Waals surface area contributed by atoms with E-state index in [0.717, 1.165) is 21.3 Å². The molecule has 1 heterocycles. The Labute approximate surface area is 143 Å². The Morgan fingerprint density at radius 2 is 1.78 bits per heavy atom. The molecule has 23 heavy (non-hydrogen) atoms. The molecule has 2 aromatic carbocycles. The average molecular weight is 348 g/mol. The fraction of sp³-hybridized carbons (Fsp3) is 0.176. The van der Waals surface area contributed by atoms with Gasteiger partial charge in [-0.05, 0) is 42.8 Å². The van der Waals surface area contributed by atoms with E-state index in [0.29, 0.717) is 5.82 Å². The first kappa shape index (κ1) is 16.0. The first-order valence-corrected chi connectivity index (χ1v) is 8.38. The number of benzene rings is 2. The number of hydrogen-bond acceptors (Lipinski definition) is 3. The summed E-state index contributed by atoms with van der Waals surface area (Å²) in [6.45, 7) is 2.08. The van der Waals surface area contributed by atoms with Gasteiger partial charge in [-0.2, -0.15) is 0 Å². The molecule has 0 fully saturated rings. The van der Waals surface area contributed by atoms with Crippen LogP contribution in [-0.4, -0.2) is 14.8 Å². The van der Waals surface area contributed by atoms with Crippen LogP contribution in [0.5, 0.6) is 0 Å². The first-order chi connectivity index (χ1) is 11.1. The number of nitrogens with zero attached hydrogens (tertiary/aromatic N) is 3. The lowest BCUT2D eigenvalue weighted by Crippen LogP contribution is -1.97. The van der Waals surface area contributed by atoms with Gasteiger partial charge in [0.1, 0.15) is 5.82 Å². The summed E-state index contributed by atoms with van der Waals surface area (Å²) < 4.78 is 15.0. The molecule has 0 aliphatic rings. The van der Waals surface area contributed by atoms with E-state index in [1.165, 1.54) is 12.1 Å². The van der Waals surface area contributed by atoms with Crippen molar-refractivity contribution < 1.29 is 4.39 Å². The lowest BCUT2D eigenvalue weighted by Gasteiger charge is -2.12. The van der Waals surface area contributed by atoms with Crippen LogP contribution in [0, 0.1) is 5.82 Å². The van der Waals surface area contributed by atoms with Crippen LogP contribution in [0.3, 0.4) is 0 Å². The molecule has 3 aromatic rings. The summed E-state index contributed by atoms with van der Waals surface area (Å²) in [5.41, 5.74) is 1.89. The third-order valence-electron chi connectivity index (χ3n) is 3.56. The van der Waals surface area contributed by atoms with Crippen LogP contribution in [0.4, 0.5) is 4.39 Å². The smallest absolute Gasteiger partial charge is 0.191 e. The van der Waals surface area contributed by atoms with E-state index in [4.69, 9.17) is 11.6 Å². The fourth-order valence-corrected chi connectivity index (χ4v) is 3.64. The predicted molar refractivity (Wildman–Crippen MR) is 92.1 cm³/mol. The van der Waals surface area contributed by atoms with Gasteiger partial charge >= 0.3 is 0 Å². The molecule has 1 atom stereocenters. The highest BCUT2D eigenvalue weighted by Crippen LogP contribution is 2.37. The Kier molecular flexibility index (Phi) is 4.68. The monoisotopic (exact) mass is 347 g/mol. The van der Waals surface area contributed by atoms with E-state index < -0.39 is 0 Å². The van der Waals surface area contributed by atoms with Gasteiger partial charge in [0.2, 0.25) is 0 Å². The Morgan fingerprint density at radius 1 is 1.09 bits per heavy atom. The molecule has 0 aliphatic heterocycles. The summed E-state index contributed by atoms with van der Waals surface area (Å²) >= 11 is 7.84. The van der Waals surface area contributed by atoms with Crippen molar-refractivity contribution in [1.29, 1.82) is 0 Å². The lowest BCUT2D eigenvalue weighted by atomic mass is 10.2. The molecule has 0 spiro atoms. The Bertz CT molecular complexity index is 817. The molecule has 0 bridgehead atoms. The second kappa shape index (κ2) is 6.72. The largest absolute Gasteiger partial charge is 0.305 e. The molecule has 6 heteroatoms. The zero-order chi connectivity index (χ0) is 16.4. The lowest BCUT2D eigenvalue weighted by molar-refractivity contribution is 0.628. The van der Waals surface area contributed by atoms with E-state index in [2.05, 4.69) is 17.1 Å². The van der Waals surface area contributed by atoms with Gasteiger partial charge in [0.15, 0.2) is 11.0 Å². The molecule has 0 saturated heterocycles. The normalized spacial score (nSPS) is 12.3. The van der Waals surface area contributed by atoms with Gasteiger partial charge in [-0.25, -0.2) is 4.39 Å². The van der Waals surface area contributed by atoms with Crippen LogP contribution in [0.25, 0.3) is 11.4 Å². The minimum absolute atomic E-state index is 0.146. The van der Waals surface area contributed by atoms with Crippen LogP contribution < -0.4 is 0 Å². The third-order valence-corrected chi connectivity index (χ3v) is 5.08.